The van der Waals surface area contributed by atoms with Crippen LogP contribution in [0.4, 0.5) is 14.5 Å². The van der Waals surface area contributed by atoms with Crippen molar-refractivity contribution < 1.29 is 13.6 Å². The number of pyridine rings is 1. The number of halogens is 2. The summed E-state index contributed by atoms with van der Waals surface area (Å²) in [5, 5.41) is 3.96. The van der Waals surface area contributed by atoms with Gasteiger partial charge in [0.1, 0.15) is 0 Å². The number of hydrogen-bond acceptors (Lipinski definition) is 4. The van der Waals surface area contributed by atoms with E-state index in [1.807, 2.05) is 6.07 Å². The van der Waals surface area contributed by atoms with E-state index < -0.39 is 5.92 Å². The number of carbonyl (C=O) groups excluding carboxylic acids is 1. The van der Waals surface area contributed by atoms with Crippen molar-refractivity contribution in [3.05, 3.63) is 36.0 Å². The minimum absolute atomic E-state index is 0.0286. The van der Waals surface area contributed by atoms with Crippen molar-refractivity contribution in [2.75, 3.05) is 37.6 Å². The summed E-state index contributed by atoms with van der Waals surface area (Å²) < 4.78 is 28.3. The Hall–Kier alpha value is -2.28. The number of anilines is 1. The van der Waals surface area contributed by atoms with Crippen LogP contribution in [0.1, 0.15) is 46.1 Å². The van der Waals surface area contributed by atoms with Gasteiger partial charge in [0.25, 0.3) is 5.92 Å². The standard InChI is InChI=1S/C25H34F2N4O/c1-17-12-18(29-22(32)15-30-11-9-24(2,3)16-30)14-31(13-17)21-8-7-20(25(4,26)27)23-19(21)6-5-10-28-23/h5-8,10,17-18H,9,11-16H2,1-4H3,(H,29,32)/t17-,18+/m0/s1. The maximum Gasteiger partial charge on any atom is 0.272 e. The highest BCUT2D eigenvalue weighted by Crippen LogP contribution is 2.37. The Morgan fingerprint density at radius 1 is 1.28 bits per heavy atom. The third kappa shape index (κ3) is 5.03. The minimum atomic E-state index is -2.96. The molecule has 2 saturated heterocycles. The van der Waals surface area contributed by atoms with Gasteiger partial charge < -0.3 is 10.2 Å². The zero-order chi connectivity index (χ0) is 23.1. The fraction of sp³-hybridized carbons (Fsp3) is 0.600. The van der Waals surface area contributed by atoms with Gasteiger partial charge in [-0.2, -0.15) is 0 Å². The first-order valence-corrected chi connectivity index (χ1v) is 11.5. The minimum Gasteiger partial charge on any atom is -0.369 e. The van der Waals surface area contributed by atoms with Crippen molar-refractivity contribution >= 4 is 22.5 Å². The summed E-state index contributed by atoms with van der Waals surface area (Å²) in [6, 6.07) is 6.94. The van der Waals surface area contributed by atoms with Gasteiger partial charge in [0.2, 0.25) is 5.91 Å². The normalized spacial score (nSPS) is 24.1. The van der Waals surface area contributed by atoms with Gasteiger partial charge in [0, 0.05) is 55.4 Å². The summed E-state index contributed by atoms with van der Waals surface area (Å²) in [6.45, 7) is 11.4. The van der Waals surface area contributed by atoms with E-state index in [2.05, 4.69) is 40.9 Å². The van der Waals surface area contributed by atoms with E-state index >= 15 is 0 Å². The van der Waals surface area contributed by atoms with E-state index in [4.69, 9.17) is 0 Å². The van der Waals surface area contributed by atoms with Crippen LogP contribution in [0.15, 0.2) is 30.5 Å². The lowest BCUT2D eigenvalue weighted by molar-refractivity contribution is -0.122. The van der Waals surface area contributed by atoms with Gasteiger partial charge in [0.05, 0.1) is 12.1 Å². The van der Waals surface area contributed by atoms with Crippen LogP contribution >= 0.6 is 0 Å². The van der Waals surface area contributed by atoms with Gasteiger partial charge >= 0.3 is 0 Å². The largest absolute Gasteiger partial charge is 0.369 e. The molecule has 0 aliphatic carbocycles. The van der Waals surface area contributed by atoms with Gasteiger partial charge in [-0.05, 0) is 55.0 Å². The number of nitrogens with one attached hydrogen (secondary N) is 1. The molecule has 0 spiro atoms. The van der Waals surface area contributed by atoms with Crippen LogP contribution in [0, 0.1) is 11.3 Å². The fourth-order valence-electron chi connectivity index (χ4n) is 5.28. The maximum absolute atomic E-state index is 14.1. The molecule has 3 heterocycles. The van der Waals surface area contributed by atoms with Crippen molar-refractivity contribution in [1.82, 2.24) is 15.2 Å². The Kier molecular flexibility index (Phi) is 6.14. The Morgan fingerprint density at radius 2 is 2.06 bits per heavy atom. The molecule has 0 unspecified atom stereocenters. The molecule has 1 aromatic carbocycles. The van der Waals surface area contributed by atoms with Crippen LogP contribution in [0.2, 0.25) is 0 Å². The highest BCUT2D eigenvalue weighted by Gasteiger charge is 2.33. The number of fused-ring (bicyclic) bond motifs is 1. The van der Waals surface area contributed by atoms with E-state index in [1.54, 1.807) is 18.3 Å². The molecular formula is C25H34F2N4O. The van der Waals surface area contributed by atoms with Crippen LogP contribution in [0.25, 0.3) is 10.9 Å². The number of benzene rings is 1. The molecule has 5 nitrogen and oxygen atoms in total. The number of hydrogen-bond donors (Lipinski definition) is 1. The second-order valence-electron chi connectivity index (χ2n) is 10.6. The summed E-state index contributed by atoms with van der Waals surface area (Å²) in [5.74, 6) is -2.52. The predicted molar refractivity (Wildman–Crippen MR) is 124 cm³/mol. The van der Waals surface area contributed by atoms with E-state index in [9.17, 15) is 13.6 Å². The zero-order valence-corrected chi connectivity index (χ0v) is 19.5. The number of carbonyl (C=O) groups is 1. The Bertz CT molecular complexity index is 988. The van der Waals surface area contributed by atoms with Gasteiger partial charge in [-0.3, -0.25) is 14.7 Å². The molecule has 2 aliphatic rings. The predicted octanol–water partition coefficient (Wildman–Crippen LogP) is 4.41. The van der Waals surface area contributed by atoms with Gasteiger partial charge in [-0.15, -0.1) is 0 Å². The second kappa shape index (κ2) is 8.58. The lowest BCUT2D eigenvalue weighted by Crippen LogP contribution is -2.52. The van der Waals surface area contributed by atoms with Gasteiger partial charge in [0.15, 0.2) is 0 Å². The molecule has 174 valence electrons. The SMILES string of the molecule is C[C@H]1C[C@@H](NC(=O)CN2CCC(C)(C)C2)CN(c2ccc(C(C)(F)F)c3ncccc23)C1. The molecule has 7 heteroatoms. The van der Waals surface area contributed by atoms with Crippen LogP contribution in [-0.4, -0.2) is 54.6 Å². The first kappa shape index (κ1) is 22.9. The van der Waals surface area contributed by atoms with Crippen LogP contribution in [0.3, 0.4) is 0 Å². The van der Waals surface area contributed by atoms with Crippen molar-refractivity contribution in [2.24, 2.45) is 11.3 Å². The number of aromatic nitrogens is 1. The van der Waals surface area contributed by atoms with Crippen molar-refractivity contribution in [3.63, 3.8) is 0 Å². The summed E-state index contributed by atoms with van der Waals surface area (Å²) in [6.07, 6.45) is 3.58. The lowest BCUT2D eigenvalue weighted by atomic mass is 9.93. The van der Waals surface area contributed by atoms with Gasteiger partial charge in [-0.25, -0.2) is 8.78 Å². The Balaban J connectivity index is 1.50. The Labute approximate surface area is 189 Å². The average molecular weight is 445 g/mol. The highest BCUT2D eigenvalue weighted by molar-refractivity contribution is 5.94. The summed E-state index contributed by atoms with van der Waals surface area (Å²) in [4.78, 5) is 21.4. The highest BCUT2D eigenvalue weighted by atomic mass is 19.3. The van der Waals surface area contributed by atoms with Crippen LogP contribution < -0.4 is 10.2 Å². The number of rotatable bonds is 5. The topological polar surface area (TPSA) is 48.5 Å². The summed E-state index contributed by atoms with van der Waals surface area (Å²) >= 11 is 0. The quantitative estimate of drug-likeness (QED) is 0.742. The molecule has 0 saturated carbocycles. The van der Waals surface area contributed by atoms with Crippen molar-refractivity contribution in [3.8, 4) is 0 Å². The monoisotopic (exact) mass is 444 g/mol. The first-order valence-electron chi connectivity index (χ1n) is 11.5. The number of piperidine rings is 1. The average Bonchev–Trinajstić information content (AvgIpc) is 3.03. The molecule has 1 amide bonds. The molecule has 2 aliphatic heterocycles. The molecule has 0 bridgehead atoms. The van der Waals surface area contributed by atoms with Gasteiger partial charge in [-0.1, -0.05) is 20.8 Å². The molecule has 2 aromatic rings. The van der Waals surface area contributed by atoms with E-state index in [0.29, 0.717) is 24.5 Å². The van der Waals surface area contributed by atoms with E-state index in [1.165, 1.54) is 6.07 Å². The van der Waals surface area contributed by atoms with Crippen LogP contribution in [-0.2, 0) is 10.7 Å². The third-order valence-electron chi connectivity index (χ3n) is 6.71. The molecule has 32 heavy (non-hydrogen) atoms. The lowest BCUT2D eigenvalue weighted by Gasteiger charge is -2.39. The summed E-state index contributed by atoms with van der Waals surface area (Å²) in [7, 11) is 0. The zero-order valence-electron chi connectivity index (χ0n) is 19.5. The third-order valence-corrected chi connectivity index (χ3v) is 6.71. The Morgan fingerprint density at radius 3 is 2.75 bits per heavy atom. The molecular weight excluding hydrogens is 410 g/mol. The molecule has 2 atom stereocenters. The molecule has 4 rings (SSSR count). The maximum atomic E-state index is 14.1. The first-order chi connectivity index (χ1) is 15.0. The number of likely N-dealkylation sites (tertiary alicyclic amines) is 1. The molecule has 1 aromatic heterocycles. The fourth-order valence-corrected chi connectivity index (χ4v) is 5.28. The molecule has 0 radical (unpaired) electrons. The van der Waals surface area contributed by atoms with E-state index in [0.717, 1.165) is 50.5 Å². The number of amides is 1. The van der Waals surface area contributed by atoms with E-state index in [-0.39, 0.29) is 22.9 Å². The van der Waals surface area contributed by atoms with Crippen LogP contribution in [0.5, 0.6) is 0 Å². The smallest absolute Gasteiger partial charge is 0.272 e. The summed E-state index contributed by atoms with van der Waals surface area (Å²) in [5.41, 5.74) is 1.45. The molecule has 2 fully saturated rings. The van der Waals surface area contributed by atoms with Crippen molar-refractivity contribution in [2.45, 2.75) is 52.5 Å². The molecule has 1 N–H and O–H groups in total. The van der Waals surface area contributed by atoms with Crippen molar-refractivity contribution in [1.29, 1.82) is 0 Å². The second-order valence-corrected chi connectivity index (χ2v) is 10.6. The number of alkyl halides is 2. The number of nitrogens with zero attached hydrogens (tertiary/aromatic N) is 3.